The molecule has 0 aliphatic heterocycles. The van der Waals surface area contributed by atoms with Crippen LogP contribution in [0.5, 0.6) is 0 Å². The maximum Gasteiger partial charge on any atom is 0.344 e. The Labute approximate surface area is 197 Å². The van der Waals surface area contributed by atoms with Gasteiger partial charge in [-0.2, -0.15) is 0 Å². The van der Waals surface area contributed by atoms with E-state index in [1.807, 2.05) is 81.4 Å². The van der Waals surface area contributed by atoms with Crippen molar-refractivity contribution in [2.45, 2.75) is 20.8 Å². The van der Waals surface area contributed by atoms with Gasteiger partial charge in [0.25, 0.3) is 5.91 Å². The van der Waals surface area contributed by atoms with Gasteiger partial charge in [0.1, 0.15) is 0 Å². The third-order valence-electron chi connectivity index (χ3n) is 6.02. The third kappa shape index (κ3) is 3.82. The molecule has 5 rings (SSSR count). The van der Waals surface area contributed by atoms with Gasteiger partial charge >= 0.3 is 5.63 Å². The van der Waals surface area contributed by atoms with E-state index in [9.17, 15) is 9.59 Å². The van der Waals surface area contributed by atoms with E-state index in [1.165, 1.54) is 0 Å². The Bertz CT molecular complexity index is 1570. The van der Waals surface area contributed by atoms with Gasteiger partial charge in [0, 0.05) is 33.7 Å². The maximum absolute atomic E-state index is 13.5. The lowest BCUT2D eigenvalue weighted by Crippen LogP contribution is -2.17. The summed E-state index contributed by atoms with van der Waals surface area (Å²) in [6, 6.07) is 26.7. The second-order valence-electron chi connectivity index (χ2n) is 8.46. The molecule has 0 atom stereocenters. The summed E-state index contributed by atoms with van der Waals surface area (Å²) >= 11 is 0. The molecule has 2 aromatic heterocycles. The molecule has 5 aromatic rings. The highest BCUT2D eigenvalue weighted by Gasteiger charge is 2.21. The van der Waals surface area contributed by atoms with Crippen molar-refractivity contribution in [2.24, 2.45) is 0 Å². The minimum absolute atomic E-state index is 0.00807. The van der Waals surface area contributed by atoms with Crippen LogP contribution >= 0.6 is 0 Å². The second-order valence-corrected chi connectivity index (χ2v) is 8.46. The summed E-state index contributed by atoms with van der Waals surface area (Å²) < 4.78 is 7.72. The van der Waals surface area contributed by atoms with Gasteiger partial charge in [0.2, 0.25) is 5.76 Å². The van der Waals surface area contributed by atoms with Gasteiger partial charge in [-0.05, 0) is 62.7 Å². The Morgan fingerprint density at radius 3 is 2.18 bits per heavy atom. The van der Waals surface area contributed by atoms with Crippen LogP contribution in [0.1, 0.15) is 27.5 Å². The highest BCUT2D eigenvalue weighted by Crippen LogP contribution is 2.31. The smallest absolute Gasteiger partial charge is 0.344 e. The molecule has 2 heterocycles. The number of benzene rings is 3. The van der Waals surface area contributed by atoms with Crippen LogP contribution in [0.3, 0.4) is 0 Å². The fourth-order valence-corrected chi connectivity index (χ4v) is 4.35. The van der Waals surface area contributed by atoms with Crippen LogP contribution in [-0.4, -0.2) is 10.5 Å². The second kappa shape index (κ2) is 8.52. The number of fused-ring (bicyclic) bond motifs is 1. The van der Waals surface area contributed by atoms with E-state index >= 15 is 0 Å². The van der Waals surface area contributed by atoms with Crippen molar-refractivity contribution in [1.82, 2.24) is 4.57 Å². The van der Waals surface area contributed by atoms with E-state index in [1.54, 1.807) is 12.1 Å². The van der Waals surface area contributed by atoms with Crippen molar-refractivity contribution < 1.29 is 9.21 Å². The topological polar surface area (TPSA) is 64.2 Å². The number of hydrogen-bond donors (Lipinski definition) is 1. The summed E-state index contributed by atoms with van der Waals surface area (Å²) in [5.74, 6) is -0.484. The van der Waals surface area contributed by atoms with Crippen LogP contribution in [0, 0.1) is 20.8 Å². The van der Waals surface area contributed by atoms with Gasteiger partial charge in [-0.25, -0.2) is 4.79 Å². The standard InChI is InChI=1S/C29H24N2O3/c1-18-11-15-21(16-12-18)26-24-9-4-5-10-25(24)29(33)34-27(26)28(32)30-22-7-6-8-23(17-22)31-19(2)13-14-20(31)3/h4-17H,1-3H3,(H,30,32). The number of anilines is 1. The number of nitrogens with one attached hydrogen (secondary N) is 1. The first kappa shape index (κ1) is 21.5. The van der Waals surface area contributed by atoms with Gasteiger partial charge in [-0.3, -0.25) is 4.79 Å². The van der Waals surface area contributed by atoms with E-state index < -0.39 is 11.5 Å². The van der Waals surface area contributed by atoms with E-state index in [0.717, 1.165) is 28.2 Å². The zero-order chi connectivity index (χ0) is 23.8. The molecule has 0 bridgehead atoms. The highest BCUT2D eigenvalue weighted by atomic mass is 16.4. The largest absolute Gasteiger partial charge is 0.416 e. The van der Waals surface area contributed by atoms with E-state index in [4.69, 9.17) is 4.42 Å². The Morgan fingerprint density at radius 1 is 0.794 bits per heavy atom. The molecule has 0 spiro atoms. The van der Waals surface area contributed by atoms with Crippen LogP contribution in [0.4, 0.5) is 5.69 Å². The van der Waals surface area contributed by atoms with Gasteiger partial charge in [-0.15, -0.1) is 0 Å². The van der Waals surface area contributed by atoms with Crippen molar-refractivity contribution >= 4 is 22.4 Å². The Hall–Kier alpha value is -4.38. The lowest BCUT2D eigenvalue weighted by Gasteiger charge is -2.14. The van der Waals surface area contributed by atoms with Gasteiger partial charge < -0.3 is 14.3 Å². The summed E-state index contributed by atoms with van der Waals surface area (Å²) in [7, 11) is 0. The van der Waals surface area contributed by atoms with E-state index in [2.05, 4.69) is 22.0 Å². The fraction of sp³-hybridized carbons (Fsp3) is 0.103. The number of amides is 1. The molecule has 3 aromatic carbocycles. The molecule has 168 valence electrons. The Kier molecular flexibility index (Phi) is 5.38. The molecule has 0 unspecified atom stereocenters. The molecular weight excluding hydrogens is 424 g/mol. The predicted molar refractivity (Wildman–Crippen MR) is 136 cm³/mol. The summed E-state index contributed by atoms with van der Waals surface area (Å²) in [6.07, 6.45) is 0. The number of aryl methyl sites for hydroxylation is 3. The van der Waals surface area contributed by atoms with Crippen LogP contribution in [0.25, 0.3) is 27.6 Å². The van der Waals surface area contributed by atoms with Crippen LogP contribution in [0.2, 0.25) is 0 Å². The normalized spacial score (nSPS) is 11.0. The fourth-order valence-electron chi connectivity index (χ4n) is 4.35. The van der Waals surface area contributed by atoms with Crippen molar-refractivity contribution in [3.05, 3.63) is 118 Å². The maximum atomic E-state index is 13.5. The minimum Gasteiger partial charge on any atom is -0.416 e. The molecule has 1 N–H and O–H groups in total. The molecule has 0 saturated carbocycles. The number of aromatic nitrogens is 1. The van der Waals surface area contributed by atoms with Crippen LogP contribution < -0.4 is 10.9 Å². The molecule has 34 heavy (non-hydrogen) atoms. The first-order valence-corrected chi connectivity index (χ1v) is 11.1. The van der Waals surface area contributed by atoms with Gasteiger partial charge in [0.15, 0.2) is 0 Å². The molecule has 0 saturated heterocycles. The first-order chi connectivity index (χ1) is 16.4. The number of carbonyl (C=O) groups is 1. The van der Waals surface area contributed by atoms with Gasteiger partial charge in [-0.1, -0.05) is 54.1 Å². The number of hydrogen-bond acceptors (Lipinski definition) is 3. The van der Waals surface area contributed by atoms with Gasteiger partial charge in [0.05, 0.1) is 5.39 Å². The molecule has 5 nitrogen and oxygen atoms in total. The zero-order valence-electron chi connectivity index (χ0n) is 19.3. The molecule has 0 aliphatic carbocycles. The molecule has 0 radical (unpaired) electrons. The summed E-state index contributed by atoms with van der Waals surface area (Å²) in [4.78, 5) is 26.2. The van der Waals surface area contributed by atoms with Crippen molar-refractivity contribution in [1.29, 1.82) is 0 Å². The highest BCUT2D eigenvalue weighted by molar-refractivity contribution is 6.11. The molecule has 0 fully saturated rings. The van der Waals surface area contributed by atoms with E-state index in [0.29, 0.717) is 22.0 Å². The minimum atomic E-state index is -0.538. The third-order valence-corrected chi connectivity index (χ3v) is 6.02. The quantitative estimate of drug-likeness (QED) is 0.345. The van der Waals surface area contributed by atoms with Crippen LogP contribution in [-0.2, 0) is 0 Å². The van der Waals surface area contributed by atoms with Crippen LogP contribution in [0.15, 0.2) is 94.1 Å². The monoisotopic (exact) mass is 448 g/mol. The Morgan fingerprint density at radius 2 is 1.47 bits per heavy atom. The zero-order valence-corrected chi connectivity index (χ0v) is 19.3. The predicted octanol–water partition coefficient (Wildman–Crippen LogP) is 6.43. The average molecular weight is 449 g/mol. The Balaban J connectivity index is 1.61. The summed E-state index contributed by atoms with van der Waals surface area (Å²) in [5.41, 5.74) is 5.72. The summed E-state index contributed by atoms with van der Waals surface area (Å²) in [5, 5.41) is 4.05. The molecular formula is C29H24N2O3. The van der Waals surface area contributed by atoms with Crippen molar-refractivity contribution in [3.8, 4) is 16.8 Å². The lowest BCUT2D eigenvalue weighted by atomic mass is 9.97. The molecule has 5 heteroatoms. The van der Waals surface area contributed by atoms with Crippen molar-refractivity contribution in [2.75, 3.05) is 5.32 Å². The van der Waals surface area contributed by atoms with Crippen molar-refractivity contribution in [3.63, 3.8) is 0 Å². The van der Waals surface area contributed by atoms with E-state index in [-0.39, 0.29) is 5.76 Å². The first-order valence-electron chi connectivity index (χ1n) is 11.1. The summed E-state index contributed by atoms with van der Waals surface area (Å²) in [6.45, 7) is 6.08. The lowest BCUT2D eigenvalue weighted by molar-refractivity contribution is 0.0994. The SMILES string of the molecule is Cc1ccc(-c2c(C(=O)Nc3cccc(-n4c(C)ccc4C)c3)oc(=O)c3ccccc23)cc1. The molecule has 0 aliphatic rings. The average Bonchev–Trinajstić information content (AvgIpc) is 3.18. The number of nitrogens with zero attached hydrogens (tertiary/aromatic N) is 1. The number of rotatable bonds is 4. The number of carbonyl (C=O) groups excluding carboxylic acids is 1. The molecule has 1 amide bonds.